The van der Waals surface area contributed by atoms with Crippen molar-refractivity contribution in [3.8, 4) is 0 Å². The first-order valence-electron chi connectivity index (χ1n) is 6.98. The fraction of sp³-hybridized carbons (Fsp3) is 0.929. The lowest BCUT2D eigenvalue weighted by Gasteiger charge is -2.15. The molecule has 0 fully saturated rings. The third-order valence-electron chi connectivity index (χ3n) is 2.87. The van der Waals surface area contributed by atoms with E-state index in [-0.39, 0.29) is 11.9 Å². The van der Waals surface area contributed by atoms with Crippen LogP contribution in [0.1, 0.15) is 59.3 Å². The van der Waals surface area contributed by atoms with Crippen LogP contribution in [0.4, 0.5) is 0 Å². The maximum Gasteiger partial charge on any atom is 0.310 e. The highest BCUT2D eigenvalue weighted by Gasteiger charge is 2.19. The summed E-state index contributed by atoms with van der Waals surface area (Å²) in [5, 5.41) is 0. The van der Waals surface area contributed by atoms with Crippen LogP contribution in [0.15, 0.2) is 0 Å². The van der Waals surface area contributed by atoms with Gasteiger partial charge in [0.15, 0.2) is 0 Å². The second kappa shape index (κ2) is 10.6. The minimum Gasteiger partial charge on any atom is -0.465 e. The first kappa shape index (κ1) is 16.4. The number of hydrogen-bond donors (Lipinski definition) is 1. The van der Waals surface area contributed by atoms with Crippen molar-refractivity contribution in [3.05, 3.63) is 0 Å². The number of rotatable bonds is 10. The lowest BCUT2D eigenvalue weighted by atomic mass is 9.97. The van der Waals surface area contributed by atoms with Crippen molar-refractivity contribution < 1.29 is 9.53 Å². The molecule has 0 saturated carbocycles. The smallest absolute Gasteiger partial charge is 0.310 e. The van der Waals surface area contributed by atoms with Crippen molar-refractivity contribution in [1.82, 2.24) is 0 Å². The molecule has 2 N–H and O–H groups in total. The van der Waals surface area contributed by atoms with Crippen LogP contribution in [-0.4, -0.2) is 19.1 Å². The van der Waals surface area contributed by atoms with Gasteiger partial charge in [-0.15, -0.1) is 0 Å². The van der Waals surface area contributed by atoms with Gasteiger partial charge in [-0.25, -0.2) is 0 Å². The molecule has 0 aliphatic heterocycles. The molecule has 0 aromatic carbocycles. The molecular weight excluding hydrogens is 214 g/mol. The van der Waals surface area contributed by atoms with Crippen LogP contribution in [0, 0.1) is 11.8 Å². The van der Waals surface area contributed by atoms with Crippen molar-refractivity contribution in [3.63, 3.8) is 0 Å². The molecular formula is C14H29NO2. The van der Waals surface area contributed by atoms with Gasteiger partial charge in [0.25, 0.3) is 0 Å². The molecule has 1 unspecified atom stereocenters. The minimum atomic E-state index is -0.120. The van der Waals surface area contributed by atoms with Gasteiger partial charge in [-0.3, -0.25) is 4.79 Å². The second-order valence-corrected chi connectivity index (χ2v) is 5.14. The average molecular weight is 243 g/mol. The molecule has 0 aromatic heterocycles. The quantitative estimate of drug-likeness (QED) is 0.474. The molecule has 0 aliphatic carbocycles. The third kappa shape index (κ3) is 9.16. The van der Waals surface area contributed by atoms with Gasteiger partial charge in [0.2, 0.25) is 0 Å². The molecule has 0 amide bonds. The molecule has 1 atom stereocenters. The van der Waals surface area contributed by atoms with E-state index in [0.29, 0.717) is 19.1 Å². The number of hydrogen-bond acceptors (Lipinski definition) is 3. The van der Waals surface area contributed by atoms with Crippen LogP contribution in [0.5, 0.6) is 0 Å². The van der Waals surface area contributed by atoms with Crippen molar-refractivity contribution in [1.29, 1.82) is 0 Å². The zero-order chi connectivity index (χ0) is 13.1. The Kier molecular flexibility index (Phi) is 10.2. The largest absolute Gasteiger partial charge is 0.465 e. The topological polar surface area (TPSA) is 52.3 Å². The number of esters is 1. The molecule has 0 aromatic rings. The maximum absolute atomic E-state index is 11.7. The molecule has 0 rings (SSSR count). The highest BCUT2D eigenvalue weighted by Crippen LogP contribution is 2.12. The van der Waals surface area contributed by atoms with Gasteiger partial charge < -0.3 is 10.5 Å². The summed E-state index contributed by atoms with van der Waals surface area (Å²) in [6.07, 6.45) is 6.70. The Balaban J connectivity index is 3.61. The van der Waals surface area contributed by atoms with Gasteiger partial charge in [-0.1, -0.05) is 46.5 Å². The summed E-state index contributed by atoms with van der Waals surface area (Å²) >= 11 is 0. The van der Waals surface area contributed by atoms with Gasteiger partial charge in [0, 0.05) is 6.54 Å². The van der Waals surface area contributed by atoms with E-state index in [1.54, 1.807) is 0 Å². The number of carbonyl (C=O) groups excluding carboxylic acids is 1. The van der Waals surface area contributed by atoms with Crippen LogP contribution in [0.25, 0.3) is 0 Å². The lowest BCUT2D eigenvalue weighted by molar-refractivity contribution is -0.148. The summed E-state index contributed by atoms with van der Waals surface area (Å²) in [6.45, 7) is 7.34. The first-order valence-corrected chi connectivity index (χ1v) is 6.98. The van der Waals surface area contributed by atoms with Gasteiger partial charge >= 0.3 is 5.97 Å². The SMILES string of the molecule is CCCCCCCOC(=O)C(CN)CC(C)C. The van der Waals surface area contributed by atoms with Gasteiger partial charge in [0.05, 0.1) is 12.5 Å². The summed E-state index contributed by atoms with van der Waals surface area (Å²) in [5.41, 5.74) is 5.59. The zero-order valence-corrected chi connectivity index (χ0v) is 11.7. The summed E-state index contributed by atoms with van der Waals surface area (Å²) < 4.78 is 5.26. The monoisotopic (exact) mass is 243 g/mol. The van der Waals surface area contributed by atoms with Crippen LogP contribution in [0.3, 0.4) is 0 Å². The second-order valence-electron chi connectivity index (χ2n) is 5.14. The van der Waals surface area contributed by atoms with Gasteiger partial charge in [0.1, 0.15) is 0 Å². The van der Waals surface area contributed by atoms with Crippen LogP contribution in [-0.2, 0) is 9.53 Å². The number of ether oxygens (including phenoxy) is 1. The van der Waals surface area contributed by atoms with E-state index in [4.69, 9.17) is 10.5 Å². The normalized spacial score (nSPS) is 12.8. The molecule has 0 bridgehead atoms. The van der Waals surface area contributed by atoms with Crippen molar-refractivity contribution in [2.24, 2.45) is 17.6 Å². The van der Waals surface area contributed by atoms with E-state index in [2.05, 4.69) is 20.8 Å². The first-order chi connectivity index (χ1) is 8.11. The zero-order valence-electron chi connectivity index (χ0n) is 11.7. The Morgan fingerprint density at radius 3 is 2.35 bits per heavy atom. The van der Waals surface area contributed by atoms with E-state index in [9.17, 15) is 4.79 Å². The van der Waals surface area contributed by atoms with Crippen LogP contribution in [0.2, 0.25) is 0 Å². The molecule has 102 valence electrons. The number of unbranched alkanes of at least 4 members (excludes halogenated alkanes) is 4. The molecule has 0 radical (unpaired) electrons. The molecule has 0 aliphatic rings. The van der Waals surface area contributed by atoms with E-state index in [1.807, 2.05) is 0 Å². The Bertz CT molecular complexity index is 193. The standard InChI is InChI=1S/C14H29NO2/c1-4-5-6-7-8-9-17-14(16)13(11-15)10-12(2)3/h12-13H,4-11,15H2,1-3H3. The fourth-order valence-corrected chi connectivity index (χ4v) is 1.85. The van der Waals surface area contributed by atoms with Crippen LogP contribution >= 0.6 is 0 Å². The average Bonchev–Trinajstić information content (AvgIpc) is 2.30. The summed E-state index contributed by atoms with van der Waals surface area (Å²) in [4.78, 5) is 11.7. The molecule has 0 spiro atoms. The van der Waals surface area contributed by atoms with Gasteiger partial charge in [-0.2, -0.15) is 0 Å². The fourth-order valence-electron chi connectivity index (χ4n) is 1.85. The lowest BCUT2D eigenvalue weighted by Crippen LogP contribution is -2.27. The number of carbonyl (C=O) groups is 1. The number of nitrogens with two attached hydrogens (primary N) is 1. The van der Waals surface area contributed by atoms with E-state index in [0.717, 1.165) is 19.3 Å². The molecule has 3 heteroatoms. The highest BCUT2D eigenvalue weighted by atomic mass is 16.5. The van der Waals surface area contributed by atoms with Crippen molar-refractivity contribution >= 4 is 5.97 Å². The predicted octanol–water partition coefficient (Wildman–Crippen LogP) is 3.12. The Hall–Kier alpha value is -0.570. The summed E-state index contributed by atoms with van der Waals surface area (Å²) in [7, 11) is 0. The van der Waals surface area contributed by atoms with E-state index >= 15 is 0 Å². The van der Waals surface area contributed by atoms with E-state index in [1.165, 1.54) is 19.3 Å². The Morgan fingerprint density at radius 2 is 1.82 bits per heavy atom. The third-order valence-corrected chi connectivity index (χ3v) is 2.87. The minimum absolute atomic E-state index is 0.114. The predicted molar refractivity (Wildman–Crippen MR) is 71.7 cm³/mol. The van der Waals surface area contributed by atoms with E-state index < -0.39 is 0 Å². The van der Waals surface area contributed by atoms with Crippen molar-refractivity contribution in [2.75, 3.05) is 13.2 Å². The Morgan fingerprint density at radius 1 is 1.18 bits per heavy atom. The summed E-state index contributed by atoms with van der Waals surface area (Å²) in [5.74, 6) is 0.253. The maximum atomic E-state index is 11.7. The molecule has 17 heavy (non-hydrogen) atoms. The van der Waals surface area contributed by atoms with Crippen LogP contribution < -0.4 is 5.73 Å². The molecule has 0 heterocycles. The van der Waals surface area contributed by atoms with Gasteiger partial charge in [-0.05, 0) is 18.8 Å². The molecule has 0 saturated heterocycles. The Labute approximate surface area is 106 Å². The van der Waals surface area contributed by atoms with Crippen molar-refractivity contribution in [2.45, 2.75) is 59.3 Å². The summed E-state index contributed by atoms with van der Waals surface area (Å²) in [6, 6.07) is 0. The highest BCUT2D eigenvalue weighted by molar-refractivity contribution is 5.72. The molecule has 3 nitrogen and oxygen atoms in total.